The lowest BCUT2D eigenvalue weighted by atomic mass is 10.0. The summed E-state index contributed by atoms with van der Waals surface area (Å²) < 4.78 is 5.09. The van der Waals surface area contributed by atoms with Crippen molar-refractivity contribution < 1.29 is 4.74 Å². The van der Waals surface area contributed by atoms with Crippen LogP contribution in [-0.2, 0) is 11.3 Å². The van der Waals surface area contributed by atoms with E-state index in [2.05, 4.69) is 4.98 Å². The van der Waals surface area contributed by atoms with Crippen LogP contribution in [0.3, 0.4) is 0 Å². The molecule has 0 spiro atoms. The molecule has 0 N–H and O–H groups in total. The molecule has 134 valence electrons. The molecule has 0 atom stereocenters. The van der Waals surface area contributed by atoms with Crippen LogP contribution in [0.2, 0.25) is 5.02 Å². The summed E-state index contributed by atoms with van der Waals surface area (Å²) in [5, 5.41) is 0.554. The highest BCUT2D eigenvalue weighted by Gasteiger charge is 2.08. The van der Waals surface area contributed by atoms with Crippen molar-refractivity contribution in [3.63, 3.8) is 0 Å². The van der Waals surface area contributed by atoms with E-state index in [0.29, 0.717) is 23.0 Å². The molecule has 1 aromatic heterocycles. The van der Waals surface area contributed by atoms with E-state index in [0.717, 1.165) is 16.8 Å². The van der Waals surface area contributed by atoms with Crippen molar-refractivity contribution in [2.24, 2.45) is 4.99 Å². The highest BCUT2D eigenvalue weighted by Crippen LogP contribution is 2.23. The molecule has 0 saturated carbocycles. The summed E-state index contributed by atoms with van der Waals surface area (Å²) in [6.45, 7) is 4.38. The summed E-state index contributed by atoms with van der Waals surface area (Å²) >= 11 is 6.27. The highest BCUT2D eigenvalue weighted by atomic mass is 35.5. The van der Waals surface area contributed by atoms with Gasteiger partial charge in [0.25, 0.3) is 0 Å². The number of halogens is 1. The molecule has 1 heterocycles. The van der Waals surface area contributed by atoms with Crippen molar-refractivity contribution in [2.45, 2.75) is 20.5 Å². The molecule has 3 nitrogen and oxygen atoms in total. The van der Waals surface area contributed by atoms with Gasteiger partial charge in [0.15, 0.2) is 0 Å². The molecule has 0 aliphatic carbocycles. The predicted octanol–water partition coefficient (Wildman–Crippen LogP) is 6.08. The van der Waals surface area contributed by atoms with E-state index >= 15 is 0 Å². The van der Waals surface area contributed by atoms with Gasteiger partial charge in [-0.05, 0) is 6.07 Å². The van der Waals surface area contributed by atoms with Crippen LogP contribution >= 0.6 is 11.6 Å². The average molecular weight is 367 g/mol. The third kappa shape index (κ3) is 5.25. The van der Waals surface area contributed by atoms with Gasteiger partial charge in [-0.2, -0.15) is 0 Å². The fourth-order valence-corrected chi connectivity index (χ4v) is 2.59. The third-order valence-electron chi connectivity index (χ3n) is 3.52. The number of hydrogen-bond donors (Lipinski definition) is 0. The van der Waals surface area contributed by atoms with Gasteiger partial charge >= 0.3 is 0 Å². The second-order valence-corrected chi connectivity index (χ2v) is 5.65. The highest BCUT2D eigenvalue weighted by molar-refractivity contribution is 6.31. The zero-order valence-electron chi connectivity index (χ0n) is 15.3. The fourth-order valence-electron chi connectivity index (χ4n) is 2.38. The molecule has 2 aromatic carbocycles. The van der Waals surface area contributed by atoms with Gasteiger partial charge in [0.1, 0.15) is 0 Å². The number of rotatable bonds is 5. The number of aromatic nitrogens is 1. The van der Waals surface area contributed by atoms with Gasteiger partial charge in [0.05, 0.1) is 34.9 Å². The van der Waals surface area contributed by atoms with E-state index in [9.17, 15) is 0 Å². The molecule has 26 heavy (non-hydrogen) atoms. The van der Waals surface area contributed by atoms with Crippen LogP contribution in [0.1, 0.15) is 30.7 Å². The minimum absolute atomic E-state index is 0.382. The molecular formula is C22H23ClN2O. The molecule has 0 aliphatic heterocycles. The zero-order chi connectivity index (χ0) is 18.8. The smallest absolute Gasteiger partial charge is 0.0899 e. The lowest BCUT2D eigenvalue weighted by molar-refractivity contribution is 0.181. The van der Waals surface area contributed by atoms with Gasteiger partial charge in [-0.15, -0.1) is 0 Å². The molecular weight excluding hydrogens is 344 g/mol. The molecule has 3 aromatic rings. The van der Waals surface area contributed by atoms with Crippen LogP contribution in [0.15, 0.2) is 77.9 Å². The second-order valence-electron chi connectivity index (χ2n) is 5.25. The zero-order valence-corrected chi connectivity index (χ0v) is 16.1. The van der Waals surface area contributed by atoms with E-state index in [4.69, 9.17) is 21.3 Å². The molecule has 0 aliphatic rings. The quantitative estimate of drug-likeness (QED) is 0.513. The maximum absolute atomic E-state index is 6.27. The van der Waals surface area contributed by atoms with E-state index in [1.807, 2.05) is 80.6 Å². The summed E-state index contributed by atoms with van der Waals surface area (Å²) in [7, 11) is 1.62. The van der Waals surface area contributed by atoms with E-state index in [1.54, 1.807) is 13.3 Å². The first-order valence-electron chi connectivity index (χ1n) is 8.61. The van der Waals surface area contributed by atoms with Crippen LogP contribution in [-0.4, -0.2) is 17.8 Å². The minimum atomic E-state index is 0.382. The number of benzene rings is 2. The molecule has 0 saturated heterocycles. The van der Waals surface area contributed by atoms with E-state index < -0.39 is 0 Å². The molecule has 0 amide bonds. The summed E-state index contributed by atoms with van der Waals surface area (Å²) in [5.41, 5.74) is 4.39. The standard InChI is InChI=1S/C20H17ClN2O.C2H6/c1-24-14-19-18(21)12-17(13-22-19)23-20(15-8-4-2-5-9-15)16-10-6-3-7-11-16;1-2/h2-13H,14H2,1H3;1-2H3. The molecule has 0 fully saturated rings. The Labute approximate surface area is 160 Å². The number of hydrogen-bond acceptors (Lipinski definition) is 3. The molecule has 3 rings (SSSR count). The third-order valence-corrected chi connectivity index (χ3v) is 3.85. The second kappa shape index (κ2) is 10.5. The molecule has 4 heteroatoms. The van der Waals surface area contributed by atoms with Crippen LogP contribution < -0.4 is 0 Å². The van der Waals surface area contributed by atoms with Crippen LogP contribution in [0.4, 0.5) is 5.69 Å². The Morgan fingerprint density at radius 3 is 1.96 bits per heavy atom. The Hall–Kier alpha value is -2.49. The van der Waals surface area contributed by atoms with Crippen molar-refractivity contribution in [2.75, 3.05) is 7.11 Å². The van der Waals surface area contributed by atoms with Gasteiger partial charge < -0.3 is 4.74 Å². The van der Waals surface area contributed by atoms with Crippen molar-refractivity contribution in [1.82, 2.24) is 4.98 Å². The number of ether oxygens (including phenoxy) is 1. The number of methoxy groups -OCH3 is 1. The number of pyridine rings is 1. The first kappa shape index (κ1) is 19.8. The lowest BCUT2D eigenvalue weighted by Gasteiger charge is -2.08. The van der Waals surface area contributed by atoms with E-state index in [1.165, 1.54) is 0 Å². The predicted molar refractivity (Wildman–Crippen MR) is 109 cm³/mol. The number of nitrogens with zero attached hydrogens (tertiary/aromatic N) is 2. The van der Waals surface area contributed by atoms with Crippen molar-refractivity contribution >= 4 is 23.0 Å². The van der Waals surface area contributed by atoms with Gasteiger partial charge in [-0.25, -0.2) is 4.99 Å². The average Bonchev–Trinajstić information content (AvgIpc) is 2.71. The maximum atomic E-state index is 6.27. The lowest BCUT2D eigenvalue weighted by Crippen LogP contribution is -2.02. The monoisotopic (exact) mass is 366 g/mol. The first-order valence-corrected chi connectivity index (χ1v) is 8.98. The molecule has 0 unspecified atom stereocenters. The number of aliphatic imine (C=N–C) groups is 1. The van der Waals surface area contributed by atoms with Gasteiger partial charge in [-0.1, -0.05) is 86.1 Å². The minimum Gasteiger partial charge on any atom is -0.378 e. The molecule has 0 radical (unpaired) electrons. The summed E-state index contributed by atoms with van der Waals surface area (Å²) in [5.74, 6) is 0. The fraction of sp³-hybridized carbons (Fsp3) is 0.182. The Balaban J connectivity index is 0.00000117. The topological polar surface area (TPSA) is 34.5 Å². The van der Waals surface area contributed by atoms with Crippen LogP contribution in [0, 0.1) is 0 Å². The van der Waals surface area contributed by atoms with Crippen LogP contribution in [0.25, 0.3) is 0 Å². The normalized spacial score (nSPS) is 9.85. The Morgan fingerprint density at radius 2 is 1.50 bits per heavy atom. The Morgan fingerprint density at radius 1 is 0.962 bits per heavy atom. The largest absolute Gasteiger partial charge is 0.378 e. The van der Waals surface area contributed by atoms with Crippen molar-refractivity contribution in [3.05, 3.63) is 94.8 Å². The first-order chi connectivity index (χ1) is 12.8. The van der Waals surface area contributed by atoms with Crippen molar-refractivity contribution in [1.29, 1.82) is 0 Å². The molecule has 0 bridgehead atoms. The van der Waals surface area contributed by atoms with Gasteiger partial charge in [0, 0.05) is 18.2 Å². The van der Waals surface area contributed by atoms with Crippen molar-refractivity contribution in [3.8, 4) is 0 Å². The van der Waals surface area contributed by atoms with Gasteiger partial charge in [0.2, 0.25) is 0 Å². The Bertz CT molecular complexity index is 792. The van der Waals surface area contributed by atoms with Gasteiger partial charge in [-0.3, -0.25) is 4.98 Å². The maximum Gasteiger partial charge on any atom is 0.0899 e. The summed E-state index contributed by atoms with van der Waals surface area (Å²) in [6, 6.07) is 22.0. The Kier molecular flexibility index (Phi) is 8.00. The van der Waals surface area contributed by atoms with E-state index in [-0.39, 0.29) is 0 Å². The SMILES string of the molecule is CC.COCc1ncc(N=C(c2ccccc2)c2ccccc2)cc1Cl. The van der Waals surface area contributed by atoms with Crippen LogP contribution in [0.5, 0.6) is 0 Å². The summed E-state index contributed by atoms with van der Waals surface area (Å²) in [4.78, 5) is 9.13. The summed E-state index contributed by atoms with van der Waals surface area (Å²) in [6.07, 6.45) is 1.71.